The van der Waals surface area contributed by atoms with Crippen molar-refractivity contribution in [2.45, 2.75) is 19.3 Å². The van der Waals surface area contributed by atoms with Crippen molar-refractivity contribution < 1.29 is 19.1 Å². The largest absolute Gasteiger partial charge is 0.469 e. The Labute approximate surface area is 92.1 Å². The molecule has 0 aromatic carbocycles. The van der Waals surface area contributed by atoms with Crippen molar-refractivity contribution in [3.63, 3.8) is 0 Å². The molecule has 1 rings (SSSR count). The summed E-state index contributed by atoms with van der Waals surface area (Å²) in [6.45, 7) is 0.305. The highest BCUT2D eigenvalue weighted by molar-refractivity contribution is 8.13. The number of imide groups is 1. The average molecular weight is 231 g/mol. The Morgan fingerprint density at radius 1 is 1.53 bits per heavy atom. The Morgan fingerprint density at radius 3 is 2.87 bits per heavy atom. The summed E-state index contributed by atoms with van der Waals surface area (Å²) in [5.41, 5.74) is 0. The van der Waals surface area contributed by atoms with E-state index in [1.165, 1.54) is 12.0 Å². The summed E-state index contributed by atoms with van der Waals surface area (Å²) in [6.07, 6.45) is 1.09. The van der Waals surface area contributed by atoms with Crippen LogP contribution in [0.25, 0.3) is 0 Å². The second-order valence-corrected chi connectivity index (χ2v) is 4.14. The van der Waals surface area contributed by atoms with E-state index in [9.17, 15) is 14.4 Å². The zero-order chi connectivity index (χ0) is 11.3. The topological polar surface area (TPSA) is 63.7 Å². The highest BCUT2D eigenvalue weighted by atomic mass is 32.2. The molecule has 0 saturated carbocycles. The predicted octanol–water partition coefficient (Wildman–Crippen LogP) is 1.03. The van der Waals surface area contributed by atoms with Crippen LogP contribution < -0.4 is 0 Å². The minimum Gasteiger partial charge on any atom is -0.469 e. The highest BCUT2D eigenvalue weighted by Crippen LogP contribution is 2.18. The smallest absolute Gasteiger partial charge is 0.305 e. The lowest BCUT2D eigenvalue weighted by Crippen LogP contribution is -2.38. The summed E-state index contributed by atoms with van der Waals surface area (Å²) in [4.78, 5) is 34.6. The molecule has 2 amide bonds. The van der Waals surface area contributed by atoms with Crippen LogP contribution >= 0.6 is 11.8 Å². The molecule has 0 aliphatic carbocycles. The van der Waals surface area contributed by atoms with E-state index < -0.39 is 0 Å². The van der Waals surface area contributed by atoms with Gasteiger partial charge in [-0.25, -0.2) is 0 Å². The van der Waals surface area contributed by atoms with Crippen molar-refractivity contribution >= 4 is 28.9 Å². The first-order valence-corrected chi connectivity index (χ1v) is 5.67. The number of thioether (sulfide) groups is 1. The maximum atomic E-state index is 11.3. The molecule has 1 heterocycles. The number of methoxy groups -OCH3 is 1. The van der Waals surface area contributed by atoms with Crippen LogP contribution in [0.15, 0.2) is 0 Å². The number of carbonyl (C=O) groups excluding carboxylic acids is 3. The van der Waals surface area contributed by atoms with Crippen molar-refractivity contribution in [1.82, 2.24) is 4.90 Å². The summed E-state index contributed by atoms with van der Waals surface area (Å²) < 4.78 is 4.46. The first-order chi connectivity index (χ1) is 7.15. The van der Waals surface area contributed by atoms with E-state index in [2.05, 4.69) is 4.74 Å². The second kappa shape index (κ2) is 5.75. The van der Waals surface area contributed by atoms with Crippen LogP contribution in [0.5, 0.6) is 0 Å². The van der Waals surface area contributed by atoms with Crippen LogP contribution in [0.3, 0.4) is 0 Å². The van der Waals surface area contributed by atoms with Crippen LogP contribution in [0.1, 0.15) is 19.3 Å². The lowest BCUT2D eigenvalue weighted by molar-refractivity contribution is -0.141. The normalized spacial score (nSPS) is 16.7. The monoisotopic (exact) mass is 231 g/mol. The Balaban J connectivity index is 2.33. The summed E-state index contributed by atoms with van der Waals surface area (Å²) in [7, 11) is 1.31. The third-order valence-electron chi connectivity index (χ3n) is 2.05. The quantitative estimate of drug-likeness (QED) is 0.676. The Morgan fingerprint density at radius 2 is 2.27 bits per heavy atom. The lowest BCUT2D eigenvalue weighted by atomic mass is 10.3. The Hall–Kier alpha value is -1.04. The zero-order valence-electron chi connectivity index (χ0n) is 8.52. The number of hydrogen-bond donors (Lipinski definition) is 0. The van der Waals surface area contributed by atoms with Crippen LogP contribution in [-0.2, 0) is 14.3 Å². The summed E-state index contributed by atoms with van der Waals surface area (Å²) >= 11 is 1.14. The third kappa shape index (κ3) is 3.54. The van der Waals surface area contributed by atoms with Gasteiger partial charge in [0, 0.05) is 25.1 Å². The van der Waals surface area contributed by atoms with E-state index in [4.69, 9.17) is 0 Å². The predicted molar refractivity (Wildman–Crippen MR) is 55.4 cm³/mol. The molecule has 0 atom stereocenters. The molecule has 5 nitrogen and oxygen atoms in total. The molecule has 84 valence electrons. The van der Waals surface area contributed by atoms with Crippen LogP contribution in [0.4, 0.5) is 4.79 Å². The van der Waals surface area contributed by atoms with E-state index in [0.29, 0.717) is 25.1 Å². The van der Waals surface area contributed by atoms with Crippen molar-refractivity contribution in [2.75, 3.05) is 19.4 Å². The summed E-state index contributed by atoms with van der Waals surface area (Å²) in [5, 5.41) is -0.212. The Kier molecular flexibility index (Phi) is 4.61. The number of nitrogens with zero attached hydrogens (tertiary/aromatic N) is 1. The van der Waals surface area contributed by atoms with Gasteiger partial charge >= 0.3 is 5.97 Å². The Bertz CT molecular complexity index is 263. The molecule has 0 aromatic rings. The molecule has 0 spiro atoms. The fourth-order valence-electron chi connectivity index (χ4n) is 1.24. The molecule has 0 aromatic heterocycles. The fraction of sp³-hybridized carbons (Fsp3) is 0.667. The molecule has 1 aliphatic heterocycles. The van der Waals surface area contributed by atoms with Crippen molar-refractivity contribution in [3.8, 4) is 0 Å². The SMILES string of the molecule is COC(=O)CCCN1C(=O)CCSC1=O. The van der Waals surface area contributed by atoms with Gasteiger partial charge in [-0.2, -0.15) is 0 Å². The van der Waals surface area contributed by atoms with Crippen molar-refractivity contribution in [3.05, 3.63) is 0 Å². The van der Waals surface area contributed by atoms with Gasteiger partial charge in [-0.15, -0.1) is 0 Å². The first-order valence-electron chi connectivity index (χ1n) is 4.69. The van der Waals surface area contributed by atoms with E-state index in [1.807, 2.05) is 0 Å². The molecule has 0 N–H and O–H groups in total. The molecule has 15 heavy (non-hydrogen) atoms. The molecule has 0 unspecified atom stereocenters. The molecular formula is C9H13NO4S. The minimum atomic E-state index is -0.320. The number of carbonyl (C=O) groups is 3. The molecule has 0 bridgehead atoms. The molecule has 1 fully saturated rings. The summed E-state index contributed by atoms with van der Waals surface area (Å²) in [5.74, 6) is 0.0914. The first kappa shape index (κ1) is 12.0. The highest BCUT2D eigenvalue weighted by Gasteiger charge is 2.26. The lowest BCUT2D eigenvalue weighted by Gasteiger charge is -2.23. The standard InChI is InChI=1S/C9H13NO4S/c1-14-8(12)3-2-5-10-7(11)4-6-15-9(10)13/h2-6H2,1H3. The van der Waals surface area contributed by atoms with Crippen LogP contribution in [0, 0.1) is 0 Å². The minimum absolute atomic E-state index is 0.149. The maximum absolute atomic E-state index is 11.3. The third-order valence-corrected chi connectivity index (χ3v) is 2.93. The van der Waals surface area contributed by atoms with Gasteiger partial charge in [0.1, 0.15) is 0 Å². The van der Waals surface area contributed by atoms with Gasteiger partial charge in [0.2, 0.25) is 5.91 Å². The van der Waals surface area contributed by atoms with Gasteiger partial charge in [-0.1, -0.05) is 11.8 Å². The van der Waals surface area contributed by atoms with Crippen LogP contribution in [0.2, 0.25) is 0 Å². The number of amides is 2. The molecule has 1 saturated heterocycles. The number of esters is 1. The van der Waals surface area contributed by atoms with E-state index in [0.717, 1.165) is 11.8 Å². The van der Waals surface area contributed by atoms with Gasteiger partial charge < -0.3 is 4.74 Å². The zero-order valence-corrected chi connectivity index (χ0v) is 9.34. The molecule has 0 radical (unpaired) electrons. The number of hydrogen-bond acceptors (Lipinski definition) is 5. The maximum Gasteiger partial charge on any atom is 0.305 e. The number of rotatable bonds is 4. The van der Waals surface area contributed by atoms with E-state index in [1.54, 1.807) is 0 Å². The van der Waals surface area contributed by atoms with E-state index >= 15 is 0 Å². The molecule has 1 aliphatic rings. The number of ether oxygens (including phenoxy) is 1. The average Bonchev–Trinajstić information content (AvgIpc) is 2.22. The van der Waals surface area contributed by atoms with Gasteiger partial charge in [0.25, 0.3) is 5.24 Å². The van der Waals surface area contributed by atoms with Gasteiger partial charge in [0.05, 0.1) is 7.11 Å². The van der Waals surface area contributed by atoms with Crippen molar-refractivity contribution in [2.24, 2.45) is 0 Å². The van der Waals surface area contributed by atoms with Gasteiger partial charge in [-0.3, -0.25) is 19.3 Å². The van der Waals surface area contributed by atoms with E-state index in [-0.39, 0.29) is 23.5 Å². The molecule has 6 heteroatoms. The summed E-state index contributed by atoms with van der Waals surface area (Å²) in [6, 6.07) is 0. The second-order valence-electron chi connectivity index (χ2n) is 3.09. The molecular weight excluding hydrogens is 218 g/mol. The van der Waals surface area contributed by atoms with Crippen molar-refractivity contribution in [1.29, 1.82) is 0 Å². The van der Waals surface area contributed by atoms with Gasteiger partial charge in [-0.05, 0) is 6.42 Å². The fourth-order valence-corrected chi connectivity index (χ4v) is 2.04. The van der Waals surface area contributed by atoms with Gasteiger partial charge in [0.15, 0.2) is 0 Å². The van der Waals surface area contributed by atoms with Crippen LogP contribution in [-0.4, -0.2) is 41.4 Å².